The average Bonchev–Trinajstić information content (AvgIpc) is 3.45. The van der Waals surface area contributed by atoms with Crippen molar-refractivity contribution < 1.29 is 50.7 Å². The molecule has 284 valence electrons. The van der Waals surface area contributed by atoms with Gasteiger partial charge in [0.2, 0.25) is 0 Å². The predicted molar refractivity (Wildman–Crippen MR) is 189 cm³/mol. The van der Waals surface area contributed by atoms with Gasteiger partial charge in [-0.15, -0.1) is 0 Å². The Kier molecular flexibility index (Phi) is 15.2. The molecule has 6 N–H and O–H groups in total. The van der Waals surface area contributed by atoms with Crippen molar-refractivity contribution in [2.75, 3.05) is 11.5 Å². The minimum atomic E-state index is -4.64. The molecule has 53 heavy (non-hydrogen) atoms. The second-order valence-electron chi connectivity index (χ2n) is 9.70. The van der Waals surface area contributed by atoms with Crippen LogP contribution in [0.15, 0.2) is 72.8 Å². The van der Waals surface area contributed by atoms with Crippen molar-refractivity contribution in [3.8, 4) is 11.4 Å². The SMILES string of the molecule is Nc1ccc([N+](=O)[O-])cc1N.O=C(O)c1ccc(Cl)c(C(F)(F)F)c1.O=P(Cl)(Cl)Cl.O=[N+]([O-])c1ccc2nc(-c3ccc(Cl)c(C(F)(F)F)c3)[nH]c2c1. The van der Waals surface area contributed by atoms with Crippen molar-refractivity contribution in [1.82, 2.24) is 9.97 Å². The molecule has 0 aliphatic heterocycles. The molecule has 13 nitrogen and oxygen atoms in total. The quantitative estimate of drug-likeness (QED) is 0.0440. The molecule has 0 fully saturated rings. The summed E-state index contributed by atoms with van der Waals surface area (Å²) in [6, 6.07) is 13.8. The van der Waals surface area contributed by atoms with Gasteiger partial charge < -0.3 is 21.6 Å². The maximum Gasteiger partial charge on any atom is 0.417 e. The van der Waals surface area contributed by atoms with E-state index >= 15 is 0 Å². The van der Waals surface area contributed by atoms with Gasteiger partial charge in [0.25, 0.3) is 11.4 Å². The first kappa shape index (κ1) is 44.6. The number of hydrogen-bond acceptors (Lipinski definition) is 9. The van der Waals surface area contributed by atoms with Crippen molar-refractivity contribution in [2.24, 2.45) is 0 Å². The van der Waals surface area contributed by atoms with E-state index in [0.29, 0.717) is 22.8 Å². The highest BCUT2D eigenvalue weighted by atomic mass is 36.0. The van der Waals surface area contributed by atoms with Gasteiger partial charge in [0.05, 0.1) is 59.0 Å². The van der Waals surface area contributed by atoms with Crippen LogP contribution in [0.4, 0.5) is 49.1 Å². The standard InChI is InChI=1S/C14H7ClF3N3O2.C8H4ClF3O2.C6H7N3O2.Cl3OP/c15-10-3-1-7(5-9(10)14(16,17)18)13-19-11-4-2-8(21(22)23)6-12(11)20-13;9-6-2-1-4(7(13)14)3-5(6)8(10,11)12;7-5-2-1-4(9(10)11)3-6(5)8;1-5(2,3)4/h1-6H,(H,19,20);1-3H,(H,13,14);1-3H,7-8H2;. The van der Waals surface area contributed by atoms with E-state index in [-0.39, 0.29) is 28.5 Å². The lowest BCUT2D eigenvalue weighted by Crippen LogP contribution is -2.08. The Hall–Kier alpha value is -4.52. The van der Waals surface area contributed by atoms with E-state index in [0.717, 1.165) is 24.3 Å². The number of nitro groups is 2. The van der Waals surface area contributed by atoms with Crippen molar-refractivity contribution in [3.63, 3.8) is 0 Å². The summed E-state index contributed by atoms with van der Waals surface area (Å²) < 4.78 is 84.9. The molecule has 0 atom stereocenters. The summed E-state index contributed by atoms with van der Waals surface area (Å²) in [5.41, 5.74) is 9.48. The zero-order valence-electron chi connectivity index (χ0n) is 25.4. The molecule has 0 aliphatic carbocycles. The number of H-pyrrole nitrogens is 1. The highest BCUT2D eigenvalue weighted by molar-refractivity contribution is 8.24. The average molecular weight is 873 g/mol. The first-order valence-corrected chi connectivity index (χ1v) is 18.5. The van der Waals surface area contributed by atoms with Crippen LogP contribution in [0.3, 0.4) is 0 Å². The molecule has 0 aliphatic rings. The maximum atomic E-state index is 12.9. The third-order valence-corrected chi connectivity index (χ3v) is 6.68. The number of nitrogen functional groups attached to an aromatic ring is 2. The van der Waals surface area contributed by atoms with E-state index in [4.69, 9.17) is 39.8 Å². The Balaban J connectivity index is 0.000000277. The number of halogens is 11. The van der Waals surface area contributed by atoms with Gasteiger partial charge >= 0.3 is 23.5 Å². The Morgan fingerprint density at radius 1 is 0.755 bits per heavy atom. The molecule has 0 unspecified atom stereocenters. The van der Waals surface area contributed by atoms with Gasteiger partial charge in [-0.3, -0.25) is 24.8 Å². The number of aromatic amines is 1. The van der Waals surface area contributed by atoms with E-state index in [9.17, 15) is 55.9 Å². The summed E-state index contributed by atoms with van der Waals surface area (Å²) >= 11 is 24.7. The molecule has 0 radical (unpaired) electrons. The Bertz CT molecular complexity index is 2190. The van der Waals surface area contributed by atoms with E-state index < -0.39 is 60.1 Å². The number of rotatable bonds is 4. The summed E-state index contributed by atoms with van der Waals surface area (Å²) in [5, 5.41) is 25.2. The van der Waals surface area contributed by atoms with Gasteiger partial charge in [0.1, 0.15) is 5.82 Å². The Morgan fingerprint density at radius 2 is 1.23 bits per heavy atom. The van der Waals surface area contributed by atoms with E-state index in [1.165, 1.54) is 42.5 Å². The van der Waals surface area contributed by atoms with Crippen LogP contribution in [0, 0.1) is 20.2 Å². The van der Waals surface area contributed by atoms with Crippen LogP contribution in [0.25, 0.3) is 22.4 Å². The number of benzene rings is 4. The topological polar surface area (TPSA) is 221 Å². The molecule has 25 heteroatoms. The van der Waals surface area contributed by atoms with Crippen LogP contribution in [-0.2, 0) is 16.9 Å². The van der Waals surface area contributed by atoms with Crippen LogP contribution < -0.4 is 11.5 Å². The Labute approximate surface area is 316 Å². The van der Waals surface area contributed by atoms with Gasteiger partial charge in [-0.2, -0.15) is 26.3 Å². The molecule has 4 aromatic carbocycles. The fourth-order valence-corrected chi connectivity index (χ4v) is 4.14. The summed E-state index contributed by atoms with van der Waals surface area (Å²) in [7, 11) is 0. The van der Waals surface area contributed by atoms with E-state index in [1.54, 1.807) is 0 Å². The number of carbonyl (C=O) groups is 1. The van der Waals surface area contributed by atoms with Crippen LogP contribution in [0.2, 0.25) is 10.0 Å². The third kappa shape index (κ3) is 14.1. The van der Waals surface area contributed by atoms with Crippen LogP contribution in [0.1, 0.15) is 21.5 Å². The fraction of sp³-hybridized carbons (Fsp3) is 0.0714. The van der Waals surface area contributed by atoms with E-state index in [2.05, 4.69) is 43.7 Å². The lowest BCUT2D eigenvalue weighted by atomic mass is 10.1. The second kappa shape index (κ2) is 18.0. The Morgan fingerprint density at radius 3 is 1.70 bits per heavy atom. The van der Waals surface area contributed by atoms with Crippen LogP contribution in [0.5, 0.6) is 0 Å². The van der Waals surface area contributed by atoms with E-state index in [1.807, 2.05) is 0 Å². The van der Waals surface area contributed by atoms with Crippen LogP contribution in [-0.4, -0.2) is 30.9 Å². The number of carboxylic acids is 1. The number of imidazole rings is 1. The maximum absolute atomic E-state index is 12.9. The summed E-state index contributed by atoms with van der Waals surface area (Å²) in [6.07, 6.45) is -9.22. The van der Waals surface area contributed by atoms with Gasteiger partial charge in [-0.1, -0.05) is 23.2 Å². The number of nitrogens with two attached hydrogens (primary N) is 2. The molecular formula is C28H18Cl5F6N6O7P. The van der Waals surface area contributed by atoms with Crippen molar-refractivity contribution in [2.45, 2.75) is 12.4 Å². The number of nitro benzene ring substituents is 2. The smallest absolute Gasteiger partial charge is 0.417 e. The molecule has 0 amide bonds. The van der Waals surface area contributed by atoms with Gasteiger partial charge in [-0.25, -0.2) is 9.78 Å². The van der Waals surface area contributed by atoms with Crippen molar-refractivity contribution >= 4 is 102 Å². The first-order valence-electron chi connectivity index (χ1n) is 13.3. The molecule has 1 aromatic heterocycles. The number of hydrogen-bond donors (Lipinski definition) is 4. The first-order chi connectivity index (χ1) is 24.2. The highest BCUT2D eigenvalue weighted by Crippen LogP contribution is 2.61. The number of nitrogens with one attached hydrogen (secondary N) is 1. The summed E-state index contributed by atoms with van der Waals surface area (Å²) in [6.45, 7) is 0. The number of anilines is 2. The zero-order chi connectivity index (χ0) is 40.6. The molecule has 0 saturated heterocycles. The predicted octanol–water partition coefficient (Wildman–Crippen LogP) is 11.4. The lowest BCUT2D eigenvalue weighted by Gasteiger charge is -2.09. The van der Waals surface area contributed by atoms with Crippen LogP contribution >= 0.6 is 62.1 Å². The summed E-state index contributed by atoms with van der Waals surface area (Å²) in [4.78, 5) is 37.1. The largest absolute Gasteiger partial charge is 0.478 e. The number of aromatic carboxylic acids is 1. The molecule has 1 heterocycles. The number of fused-ring (bicyclic) bond motifs is 1. The third-order valence-electron chi connectivity index (χ3n) is 6.02. The molecule has 0 saturated carbocycles. The summed E-state index contributed by atoms with van der Waals surface area (Å²) in [5.74, 6) is -1.25. The zero-order valence-corrected chi connectivity index (χ0v) is 30.1. The number of alkyl halides is 6. The second-order valence-corrected chi connectivity index (χ2v) is 17.2. The fourth-order valence-electron chi connectivity index (χ4n) is 3.69. The minimum Gasteiger partial charge on any atom is -0.478 e. The van der Waals surface area contributed by atoms with Gasteiger partial charge in [-0.05, 0) is 82.3 Å². The molecule has 0 spiro atoms. The van der Waals surface area contributed by atoms with Crippen molar-refractivity contribution in [3.05, 3.63) is 120 Å². The monoisotopic (exact) mass is 870 g/mol. The highest BCUT2D eigenvalue weighted by Gasteiger charge is 2.34. The number of aromatic nitrogens is 2. The molecular weight excluding hydrogens is 855 g/mol. The number of carboxylic acid groups (broad SMARTS) is 1. The lowest BCUT2D eigenvalue weighted by molar-refractivity contribution is -0.384. The van der Waals surface area contributed by atoms with Gasteiger partial charge in [0.15, 0.2) is 0 Å². The van der Waals surface area contributed by atoms with Crippen molar-refractivity contribution in [1.29, 1.82) is 0 Å². The number of non-ortho nitro benzene ring substituents is 2. The van der Waals surface area contributed by atoms with Gasteiger partial charge in [0, 0.05) is 29.8 Å². The minimum absolute atomic E-state index is 0.0447. The normalized spacial score (nSPS) is 11.2. The number of nitrogens with zero attached hydrogens (tertiary/aromatic N) is 3. The molecule has 5 rings (SSSR count). The molecule has 5 aromatic rings. The molecule has 0 bridgehead atoms.